The van der Waals surface area contributed by atoms with Gasteiger partial charge in [-0.1, -0.05) is 54.5 Å². The predicted octanol–water partition coefficient (Wildman–Crippen LogP) is 4.23. The maximum absolute atomic E-state index is 12.3. The number of hydrogen-bond acceptors (Lipinski definition) is 7. The Kier molecular flexibility index (Phi) is 7.27. The van der Waals surface area contributed by atoms with Crippen molar-refractivity contribution in [1.82, 2.24) is 20.8 Å². The molecule has 1 aliphatic rings. The average molecular weight is 420 g/mol. The van der Waals surface area contributed by atoms with Crippen LogP contribution in [0.5, 0.6) is 0 Å². The summed E-state index contributed by atoms with van der Waals surface area (Å²) in [5.41, 5.74) is 2.10. The molecule has 2 aromatic rings. The Morgan fingerprint density at radius 1 is 1.21 bits per heavy atom. The Labute approximate surface area is 173 Å². The molecule has 1 aliphatic carbocycles. The minimum atomic E-state index is -0.447. The quantitative estimate of drug-likeness (QED) is 0.607. The van der Waals surface area contributed by atoms with Crippen molar-refractivity contribution < 1.29 is 9.59 Å². The maximum Gasteiger partial charge on any atom is 0.321 e. The lowest BCUT2D eigenvalue weighted by Gasteiger charge is -2.22. The van der Waals surface area contributed by atoms with Crippen LogP contribution in [0.2, 0.25) is 0 Å². The van der Waals surface area contributed by atoms with E-state index in [1.54, 1.807) is 6.92 Å². The molecule has 0 aliphatic heterocycles. The zero-order valence-electron chi connectivity index (χ0n) is 16.0. The standard InChI is InChI=1S/C19H25N5O2S2/c1-12-7-6-10-15(11-12)21-18-23-24-19(28-18)27-13(2)16(25)22-17(26)20-14-8-4-3-5-9-14/h6-7,10-11,13-14H,3-5,8-9H2,1-2H3,(H,21,23)(H2,20,22,25,26)/t13-/m0/s1. The van der Waals surface area contributed by atoms with E-state index >= 15 is 0 Å². The largest absolute Gasteiger partial charge is 0.335 e. The van der Waals surface area contributed by atoms with Crippen molar-refractivity contribution in [3.63, 3.8) is 0 Å². The first kappa shape index (κ1) is 20.6. The number of anilines is 2. The molecule has 3 amide bonds. The molecule has 1 fully saturated rings. The lowest BCUT2D eigenvalue weighted by Crippen LogP contribution is -2.47. The monoisotopic (exact) mass is 419 g/mol. The van der Waals surface area contributed by atoms with Gasteiger partial charge >= 0.3 is 6.03 Å². The molecule has 1 heterocycles. The fraction of sp³-hybridized carbons (Fsp3) is 0.474. The van der Waals surface area contributed by atoms with Crippen molar-refractivity contribution >= 4 is 45.9 Å². The molecule has 1 saturated carbocycles. The highest BCUT2D eigenvalue weighted by molar-refractivity contribution is 8.02. The maximum atomic E-state index is 12.3. The van der Waals surface area contributed by atoms with E-state index < -0.39 is 11.3 Å². The molecule has 0 bridgehead atoms. The molecule has 3 rings (SSSR count). The fourth-order valence-corrected chi connectivity index (χ4v) is 4.96. The number of rotatable bonds is 6. The number of hydrogen-bond donors (Lipinski definition) is 3. The second-order valence-electron chi connectivity index (χ2n) is 6.93. The van der Waals surface area contributed by atoms with Crippen molar-refractivity contribution in [2.24, 2.45) is 0 Å². The number of aryl methyl sites for hydroxylation is 1. The summed E-state index contributed by atoms with van der Waals surface area (Å²) in [5, 5.41) is 17.0. The molecule has 1 aromatic carbocycles. The van der Waals surface area contributed by atoms with Crippen LogP contribution in [0.25, 0.3) is 0 Å². The molecule has 0 saturated heterocycles. The molecule has 0 spiro atoms. The van der Waals surface area contributed by atoms with Gasteiger partial charge in [-0.2, -0.15) is 0 Å². The van der Waals surface area contributed by atoms with Gasteiger partial charge in [0.2, 0.25) is 11.0 Å². The lowest BCUT2D eigenvalue weighted by molar-refractivity contribution is -0.119. The number of carbonyl (C=O) groups is 2. The highest BCUT2D eigenvalue weighted by atomic mass is 32.2. The molecule has 1 aromatic heterocycles. The van der Waals surface area contributed by atoms with Crippen LogP contribution in [-0.4, -0.2) is 33.4 Å². The summed E-state index contributed by atoms with van der Waals surface area (Å²) < 4.78 is 0.672. The second-order valence-corrected chi connectivity index (χ2v) is 9.49. The van der Waals surface area contributed by atoms with Crippen LogP contribution < -0.4 is 16.0 Å². The Hall–Kier alpha value is -2.13. The first-order valence-electron chi connectivity index (χ1n) is 9.45. The van der Waals surface area contributed by atoms with E-state index in [1.165, 1.54) is 29.5 Å². The van der Waals surface area contributed by atoms with Gasteiger partial charge in [0, 0.05) is 11.7 Å². The summed E-state index contributed by atoms with van der Waals surface area (Å²) in [5.74, 6) is -0.332. The van der Waals surface area contributed by atoms with Crippen LogP contribution in [0, 0.1) is 6.92 Å². The number of aromatic nitrogens is 2. The first-order valence-corrected chi connectivity index (χ1v) is 11.1. The summed E-state index contributed by atoms with van der Waals surface area (Å²) in [6.45, 7) is 3.78. The SMILES string of the molecule is Cc1cccc(Nc2nnc(S[C@@H](C)C(=O)NC(=O)NC3CCCCC3)s2)c1. The normalized spacial score (nSPS) is 15.6. The van der Waals surface area contributed by atoms with E-state index in [-0.39, 0.29) is 11.9 Å². The Bertz CT molecular complexity index is 820. The van der Waals surface area contributed by atoms with E-state index in [9.17, 15) is 9.59 Å². The molecule has 28 heavy (non-hydrogen) atoms. The van der Waals surface area contributed by atoms with Gasteiger partial charge in [0.25, 0.3) is 0 Å². The Morgan fingerprint density at radius 2 is 2.00 bits per heavy atom. The number of amides is 3. The molecule has 0 radical (unpaired) electrons. The van der Waals surface area contributed by atoms with E-state index in [1.807, 2.05) is 31.2 Å². The summed E-state index contributed by atoms with van der Waals surface area (Å²) >= 11 is 2.66. The van der Waals surface area contributed by atoms with Gasteiger partial charge in [-0.15, -0.1) is 10.2 Å². The topological polar surface area (TPSA) is 96.0 Å². The lowest BCUT2D eigenvalue weighted by atomic mass is 9.96. The van der Waals surface area contributed by atoms with Crippen molar-refractivity contribution in [3.8, 4) is 0 Å². The van der Waals surface area contributed by atoms with E-state index in [4.69, 9.17) is 0 Å². The molecule has 7 nitrogen and oxygen atoms in total. The number of benzene rings is 1. The minimum absolute atomic E-state index is 0.169. The van der Waals surface area contributed by atoms with Crippen molar-refractivity contribution in [2.45, 2.75) is 61.6 Å². The third kappa shape index (κ3) is 6.20. The van der Waals surface area contributed by atoms with E-state index in [0.29, 0.717) is 9.47 Å². The van der Waals surface area contributed by atoms with Gasteiger partial charge < -0.3 is 10.6 Å². The highest BCUT2D eigenvalue weighted by Crippen LogP contribution is 2.30. The van der Waals surface area contributed by atoms with E-state index in [2.05, 4.69) is 26.1 Å². The van der Waals surface area contributed by atoms with E-state index in [0.717, 1.165) is 36.9 Å². The number of thioether (sulfide) groups is 1. The molecular weight excluding hydrogens is 394 g/mol. The predicted molar refractivity (Wildman–Crippen MR) is 113 cm³/mol. The molecule has 9 heteroatoms. The zero-order chi connectivity index (χ0) is 19.9. The van der Waals surface area contributed by atoms with Crippen LogP contribution in [-0.2, 0) is 4.79 Å². The molecule has 3 N–H and O–H groups in total. The van der Waals surface area contributed by atoms with Crippen LogP contribution in [0.15, 0.2) is 28.6 Å². The number of urea groups is 1. The number of imide groups is 1. The smallest absolute Gasteiger partial charge is 0.321 e. The van der Waals surface area contributed by atoms with Gasteiger partial charge in [-0.05, 0) is 44.4 Å². The van der Waals surface area contributed by atoms with Gasteiger partial charge in [-0.3, -0.25) is 10.1 Å². The van der Waals surface area contributed by atoms with Gasteiger partial charge in [0.05, 0.1) is 5.25 Å². The Balaban J connectivity index is 1.47. The zero-order valence-corrected chi connectivity index (χ0v) is 17.7. The number of nitrogens with zero attached hydrogens (tertiary/aromatic N) is 2. The van der Waals surface area contributed by atoms with Gasteiger partial charge in [0.1, 0.15) is 0 Å². The third-order valence-electron chi connectivity index (χ3n) is 4.50. The molecule has 150 valence electrons. The van der Waals surface area contributed by atoms with Crippen LogP contribution in [0.4, 0.5) is 15.6 Å². The average Bonchev–Trinajstić information content (AvgIpc) is 3.09. The third-order valence-corrected chi connectivity index (χ3v) is 6.52. The van der Waals surface area contributed by atoms with Crippen LogP contribution in [0.3, 0.4) is 0 Å². The summed E-state index contributed by atoms with van der Waals surface area (Å²) in [6.07, 6.45) is 5.43. The summed E-state index contributed by atoms with van der Waals surface area (Å²) in [6, 6.07) is 7.74. The summed E-state index contributed by atoms with van der Waals surface area (Å²) in [4.78, 5) is 24.3. The van der Waals surface area contributed by atoms with Crippen molar-refractivity contribution in [3.05, 3.63) is 29.8 Å². The van der Waals surface area contributed by atoms with Gasteiger partial charge in [-0.25, -0.2) is 4.79 Å². The molecular formula is C19H25N5O2S2. The van der Waals surface area contributed by atoms with Gasteiger partial charge in [0.15, 0.2) is 4.34 Å². The minimum Gasteiger partial charge on any atom is -0.335 e. The van der Waals surface area contributed by atoms with Crippen molar-refractivity contribution in [2.75, 3.05) is 5.32 Å². The Morgan fingerprint density at radius 3 is 2.75 bits per heavy atom. The summed E-state index contributed by atoms with van der Waals surface area (Å²) in [7, 11) is 0. The highest BCUT2D eigenvalue weighted by Gasteiger charge is 2.21. The molecule has 1 atom stereocenters. The number of nitrogens with one attached hydrogen (secondary N) is 3. The van der Waals surface area contributed by atoms with Crippen LogP contribution >= 0.6 is 23.1 Å². The van der Waals surface area contributed by atoms with Crippen molar-refractivity contribution in [1.29, 1.82) is 0 Å². The molecule has 0 unspecified atom stereocenters. The number of carbonyl (C=O) groups excluding carboxylic acids is 2. The first-order chi connectivity index (χ1) is 13.5. The fourth-order valence-electron chi connectivity index (χ4n) is 3.04. The second kappa shape index (κ2) is 9.88. The van der Waals surface area contributed by atoms with Crippen LogP contribution in [0.1, 0.15) is 44.6 Å².